The molecule has 1 saturated carbocycles. The van der Waals surface area contributed by atoms with E-state index in [9.17, 15) is 9.59 Å². The van der Waals surface area contributed by atoms with Crippen molar-refractivity contribution in [1.29, 1.82) is 0 Å². The number of ether oxygens (including phenoxy) is 3. The van der Waals surface area contributed by atoms with Gasteiger partial charge in [0.2, 0.25) is 0 Å². The normalized spacial score (nSPS) is 22.8. The number of esters is 1. The molecule has 0 aliphatic heterocycles. The maximum Gasteiger partial charge on any atom is 0.331 e. The van der Waals surface area contributed by atoms with Gasteiger partial charge in [0.15, 0.2) is 17.6 Å². The van der Waals surface area contributed by atoms with E-state index in [1.54, 1.807) is 25.1 Å². The van der Waals surface area contributed by atoms with Crippen LogP contribution in [0.25, 0.3) is 6.08 Å². The van der Waals surface area contributed by atoms with Gasteiger partial charge in [-0.1, -0.05) is 38.3 Å². The molecule has 1 aliphatic rings. The van der Waals surface area contributed by atoms with Crippen LogP contribution in [0.5, 0.6) is 11.5 Å². The van der Waals surface area contributed by atoms with Gasteiger partial charge in [0.05, 0.1) is 19.2 Å². The van der Waals surface area contributed by atoms with Gasteiger partial charge in [-0.25, -0.2) is 4.79 Å². The van der Waals surface area contributed by atoms with Crippen LogP contribution in [0.4, 0.5) is 0 Å². The highest BCUT2D eigenvalue weighted by molar-refractivity contribution is 6.32. The first-order chi connectivity index (χ1) is 13.8. The quantitative estimate of drug-likeness (QED) is 0.524. The minimum atomic E-state index is -0.870. The van der Waals surface area contributed by atoms with Crippen molar-refractivity contribution in [2.75, 3.05) is 14.2 Å². The molecule has 2 rings (SSSR count). The number of benzene rings is 1. The first kappa shape index (κ1) is 23.1. The summed E-state index contributed by atoms with van der Waals surface area (Å²) in [6.07, 6.45) is 5.17. The largest absolute Gasteiger partial charge is 0.493 e. The second-order valence-electron chi connectivity index (χ2n) is 7.53. The van der Waals surface area contributed by atoms with E-state index in [4.69, 9.17) is 25.8 Å². The average molecular weight is 424 g/mol. The molecule has 1 amide bonds. The predicted octanol–water partition coefficient (Wildman–Crippen LogP) is 4.24. The molecule has 6 nitrogen and oxygen atoms in total. The summed E-state index contributed by atoms with van der Waals surface area (Å²) in [5.74, 6) is 0.978. The Labute approximate surface area is 177 Å². The second-order valence-corrected chi connectivity index (χ2v) is 7.94. The third-order valence-corrected chi connectivity index (χ3v) is 5.85. The highest BCUT2D eigenvalue weighted by Gasteiger charge is 2.29. The fourth-order valence-electron chi connectivity index (χ4n) is 3.55. The lowest BCUT2D eigenvalue weighted by atomic mass is 9.78. The molecule has 0 unspecified atom stereocenters. The summed E-state index contributed by atoms with van der Waals surface area (Å²) in [5.41, 5.74) is 0.645. The number of amides is 1. The van der Waals surface area contributed by atoms with Gasteiger partial charge >= 0.3 is 5.97 Å². The number of hydrogen-bond acceptors (Lipinski definition) is 5. The summed E-state index contributed by atoms with van der Waals surface area (Å²) >= 11 is 6.16. The zero-order valence-corrected chi connectivity index (χ0v) is 18.4. The number of hydrogen-bond donors (Lipinski definition) is 1. The Bertz CT molecular complexity index is 764. The third kappa shape index (κ3) is 6.13. The van der Waals surface area contributed by atoms with Crippen molar-refractivity contribution < 1.29 is 23.8 Å². The van der Waals surface area contributed by atoms with Gasteiger partial charge in [-0.15, -0.1) is 0 Å². The van der Waals surface area contributed by atoms with E-state index in [0.29, 0.717) is 33.9 Å². The smallest absolute Gasteiger partial charge is 0.331 e. The predicted molar refractivity (Wildman–Crippen MR) is 113 cm³/mol. The van der Waals surface area contributed by atoms with Crippen LogP contribution in [0.1, 0.15) is 45.6 Å². The number of nitrogens with one attached hydrogen (secondary N) is 1. The SMILES string of the molecule is COc1cc(/C=C/C(=O)O[C@H](C)C(=O)N[C@H]2CCC[C@@H](C)[C@H]2C)cc(Cl)c1OC. The number of methoxy groups -OCH3 is 2. The average Bonchev–Trinajstić information content (AvgIpc) is 2.69. The zero-order valence-electron chi connectivity index (χ0n) is 17.7. The topological polar surface area (TPSA) is 73.9 Å². The molecular weight excluding hydrogens is 394 g/mol. The Morgan fingerprint density at radius 1 is 1.21 bits per heavy atom. The van der Waals surface area contributed by atoms with Crippen molar-refractivity contribution in [2.45, 2.75) is 52.2 Å². The molecule has 0 saturated heterocycles. The van der Waals surface area contributed by atoms with E-state index in [2.05, 4.69) is 19.2 Å². The third-order valence-electron chi connectivity index (χ3n) is 5.56. The molecule has 0 spiro atoms. The number of halogens is 1. The van der Waals surface area contributed by atoms with E-state index < -0.39 is 12.1 Å². The first-order valence-electron chi connectivity index (χ1n) is 9.87. The molecule has 7 heteroatoms. The molecule has 0 aromatic heterocycles. The molecule has 1 N–H and O–H groups in total. The van der Waals surface area contributed by atoms with Crippen LogP contribution in [0.3, 0.4) is 0 Å². The van der Waals surface area contributed by atoms with Gasteiger partial charge in [0.25, 0.3) is 5.91 Å². The van der Waals surface area contributed by atoms with Crippen molar-refractivity contribution in [1.82, 2.24) is 5.32 Å². The van der Waals surface area contributed by atoms with Crippen molar-refractivity contribution in [3.05, 3.63) is 28.8 Å². The van der Waals surface area contributed by atoms with Crippen molar-refractivity contribution in [2.24, 2.45) is 11.8 Å². The maximum atomic E-state index is 12.4. The second kappa shape index (κ2) is 10.5. The van der Waals surface area contributed by atoms with Crippen molar-refractivity contribution in [3.63, 3.8) is 0 Å². The molecule has 29 heavy (non-hydrogen) atoms. The monoisotopic (exact) mass is 423 g/mol. The summed E-state index contributed by atoms with van der Waals surface area (Å²) in [6.45, 7) is 5.94. The van der Waals surface area contributed by atoms with E-state index >= 15 is 0 Å². The Kier molecular flexibility index (Phi) is 8.38. The molecule has 4 atom stereocenters. The highest BCUT2D eigenvalue weighted by atomic mass is 35.5. The van der Waals surface area contributed by atoms with E-state index in [0.717, 1.165) is 12.8 Å². The minimum absolute atomic E-state index is 0.122. The number of carbonyl (C=O) groups excluding carboxylic acids is 2. The molecule has 1 aliphatic carbocycles. The summed E-state index contributed by atoms with van der Waals surface area (Å²) in [7, 11) is 3.00. The van der Waals surface area contributed by atoms with Gasteiger partial charge in [-0.05, 0) is 49.0 Å². The van der Waals surface area contributed by atoms with Gasteiger partial charge in [-0.2, -0.15) is 0 Å². The lowest BCUT2D eigenvalue weighted by molar-refractivity contribution is -0.150. The van der Waals surface area contributed by atoms with Gasteiger partial charge < -0.3 is 19.5 Å². The van der Waals surface area contributed by atoms with Gasteiger partial charge in [0, 0.05) is 12.1 Å². The summed E-state index contributed by atoms with van der Waals surface area (Å²) < 4.78 is 15.7. The molecule has 0 heterocycles. The standard InChI is InChI=1S/C22H30ClNO5/c1-13-7-6-8-18(14(13)2)24-22(26)15(3)29-20(25)10-9-16-11-17(23)21(28-5)19(12-16)27-4/h9-15,18H,6-8H2,1-5H3,(H,24,26)/b10-9+/t13-,14-,15-,18+/m1/s1. The van der Waals surface area contributed by atoms with Gasteiger partial charge in [0.1, 0.15) is 0 Å². The first-order valence-corrected chi connectivity index (χ1v) is 10.2. The molecule has 1 fully saturated rings. The van der Waals surface area contributed by atoms with Crippen LogP contribution in [-0.2, 0) is 14.3 Å². The zero-order chi connectivity index (χ0) is 21.6. The Hall–Kier alpha value is -2.21. The lowest BCUT2D eigenvalue weighted by Gasteiger charge is -2.35. The van der Waals surface area contributed by atoms with Crippen LogP contribution in [-0.4, -0.2) is 38.2 Å². The van der Waals surface area contributed by atoms with Crippen molar-refractivity contribution >= 4 is 29.6 Å². The molecule has 160 valence electrons. The van der Waals surface area contributed by atoms with Crippen molar-refractivity contribution in [3.8, 4) is 11.5 Å². The van der Waals surface area contributed by atoms with Crippen LogP contribution in [0.2, 0.25) is 5.02 Å². The molecular formula is C22H30ClNO5. The van der Waals surface area contributed by atoms with Crippen LogP contribution < -0.4 is 14.8 Å². The number of carbonyl (C=O) groups is 2. The summed E-state index contributed by atoms with van der Waals surface area (Å²) in [4.78, 5) is 24.5. The Balaban J connectivity index is 1.94. The Morgan fingerprint density at radius 2 is 1.93 bits per heavy atom. The lowest BCUT2D eigenvalue weighted by Crippen LogP contribution is -2.47. The molecule has 0 bridgehead atoms. The number of rotatable bonds is 7. The maximum absolute atomic E-state index is 12.4. The van der Waals surface area contributed by atoms with E-state index in [1.807, 2.05) is 0 Å². The molecule has 1 aromatic rings. The fraction of sp³-hybridized carbons (Fsp3) is 0.545. The van der Waals surface area contributed by atoms with Gasteiger partial charge in [-0.3, -0.25) is 4.79 Å². The van der Waals surface area contributed by atoms with Crippen LogP contribution in [0, 0.1) is 11.8 Å². The Morgan fingerprint density at radius 3 is 2.59 bits per heavy atom. The van der Waals surface area contributed by atoms with Crippen LogP contribution >= 0.6 is 11.6 Å². The minimum Gasteiger partial charge on any atom is -0.493 e. The fourth-order valence-corrected chi connectivity index (χ4v) is 3.85. The highest BCUT2D eigenvalue weighted by Crippen LogP contribution is 2.36. The summed E-state index contributed by atoms with van der Waals surface area (Å²) in [5, 5.41) is 3.39. The molecule has 0 radical (unpaired) electrons. The van der Waals surface area contributed by atoms with E-state index in [1.165, 1.54) is 26.7 Å². The van der Waals surface area contributed by atoms with E-state index in [-0.39, 0.29) is 11.9 Å². The van der Waals surface area contributed by atoms with Crippen LogP contribution in [0.15, 0.2) is 18.2 Å². The molecule has 1 aromatic carbocycles. The summed E-state index contributed by atoms with van der Waals surface area (Å²) in [6, 6.07) is 3.46.